The Morgan fingerprint density at radius 3 is 2.22 bits per heavy atom. The monoisotopic (exact) mass is 791 g/mol. The number of piperazine rings is 1. The van der Waals surface area contributed by atoms with Gasteiger partial charge in [0.25, 0.3) is 11.8 Å². The Balaban J connectivity index is 0.805. The normalized spacial score (nSPS) is 23.8. The first-order chi connectivity index (χ1) is 27.9. The number of amides is 3. The molecule has 9 nitrogen and oxygen atoms in total. The number of halogens is 3. The molecule has 3 fully saturated rings. The molecule has 1 aliphatic carbocycles. The fraction of sp³-hybridized carbons (Fsp3) is 0.413. The average Bonchev–Trinajstić information content (AvgIpc) is 3.53. The highest BCUT2D eigenvalue weighted by molar-refractivity contribution is 6.05. The second-order valence-corrected chi connectivity index (χ2v) is 16.8. The van der Waals surface area contributed by atoms with E-state index >= 15 is 8.78 Å². The number of fused-ring (bicyclic) bond motifs is 2. The maximum absolute atomic E-state index is 15.7. The fourth-order valence-corrected chi connectivity index (χ4v) is 10.2. The van der Waals surface area contributed by atoms with Crippen LogP contribution in [-0.4, -0.2) is 84.5 Å². The molecule has 0 saturated carbocycles. The molecular weight excluding hydrogens is 744 g/mol. The number of nitrogens with zero attached hydrogens (tertiary/aromatic N) is 4. The number of phenolic OH excluding ortho intramolecular Hbond substituents is 1. The predicted octanol–water partition coefficient (Wildman–Crippen LogP) is 7.05. The van der Waals surface area contributed by atoms with Gasteiger partial charge in [0.2, 0.25) is 11.8 Å². The molecule has 58 heavy (non-hydrogen) atoms. The summed E-state index contributed by atoms with van der Waals surface area (Å²) in [4.78, 5) is 46.2. The van der Waals surface area contributed by atoms with Crippen LogP contribution >= 0.6 is 0 Å². The maximum Gasteiger partial charge on any atom is 0.274 e. The Bertz CT molecular complexity index is 2250. The molecule has 5 aliphatic rings. The number of aryl methyl sites for hydroxylation is 1. The quantitative estimate of drug-likeness (QED) is 0.194. The predicted molar refractivity (Wildman–Crippen MR) is 215 cm³/mol. The zero-order valence-corrected chi connectivity index (χ0v) is 32.6. The van der Waals surface area contributed by atoms with E-state index in [1.165, 1.54) is 24.3 Å². The number of aromatic hydroxyl groups is 1. The van der Waals surface area contributed by atoms with E-state index in [1.54, 1.807) is 24.0 Å². The zero-order chi connectivity index (χ0) is 40.3. The number of rotatable bonds is 7. The Labute approximate surface area is 336 Å². The van der Waals surface area contributed by atoms with Crippen LogP contribution in [0.25, 0.3) is 0 Å². The van der Waals surface area contributed by atoms with Gasteiger partial charge in [-0.15, -0.1) is 0 Å². The number of alkyl halides is 2. The van der Waals surface area contributed by atoms with Crippen molar-refractivity contribution >= 4 is 29.1 Å². The number of benzene rings is 4. The SMILES string of the molecule is Cc1cc(F)ccc1[C@@H]1CC(F)(F)c2cc(O)ccc2[C@@H]1c1ccc(N2CCC(CN3CCN(c4ccc5c(c4)CN([C@H]4CCC(=O)NC4=O)C5=O)CC3)CC2)cc1. The highest BCUT2D eigenvalue weighted by Crippen LogP contribution is 2.55. The summed E-state index contributed by atoms with van der Waals surface area (Å²) in [5.41, 5.74) is 6.34. The topological polar surface area (TPSA) is 96.4 Å². The third kappa shape index (κ3) is 7.20. The number of imide groups is 1. The van der Waals surface area contributed by atoms with Crippen molar-refractivity contribution < 1.29 is 32.7 Å². The molecule has 12 heteroatoms. The Morgan fingerprint density at radius 2 is 1.50 bits per heavy atom. The van der Waals surface area contributed by atoms with Crippen molar-refractivity contribution in [3.8, 4) is 5.75 Å². The second-order valence-electron chi connectivity index (χ2n) is 16.8. The summed E-state index contributed by atoms with van der Waals surface area (Å²) in [6, 6.07) is 22.3. The smallest absolute Gasteiger partial charge is 0.274 e. The Hall–Kier alpha value is -5.36. The number of nitrogens with one attached hydrogen (secondary N) is 1. The molecule has 0 bridgehead atoms. The van der Waals surface area contributed by atoms with Gasteiger partial charge in [-0.3, -0.25) is 24.6 Å². The van der Waals surface area contributed by atoms with E-state index in [-0.39, 0.29) is 35.5 Å². The zero-order valence-electron chi connectivity index (χ0n) is 32.6. The van der Waals surface area contributed by atoms with Crippen molar-refractivity contribution in [1.82, 2.24) is 15.1 Å². The average molecular weight is 792 g/mol. The highest BCUT2D eigenvalue weighted by Gasteiger charge is 2.47. The van der Waals surface area contributed by atoms with E-state index in [4.69, 9.17) is 0 Å². The van der Waals surface area contributed by atoms with Gasteiger partial charge >= 0.3 is 0 Å². The molecule has 2 N–H and O–H groups in total. The molecule has 3 amide bonds. The van der Waals surface area contributed by atoms with Gasteiger partial charge in [0.15, 0.2) is 0 Å². The molecule has 4 aromatic carbocycles. The van der Waals surface area contributed by atoms with E-state index in [0.29, 0.717) is 41.1 Å². The van der Waals surface area contributed by atoms with Crippen LogP contribution in [0.4, 0.5) is 24.5 Å². The molecule has 0 unspecified atom stereocenters. The molecule has 0 aromatic heterocycles. The van der Waals surface area contributed by atoms with Crippen LogP contribution in [0.2, 0.25) is 0 Å². The van der Waals surface area contributed by atoms with Crippen molar-refractivity contribution in [3.05, 3.63) is 124 Å². The third-order valence-electron chi connectivity index (χ3n) is 13.3. The number of anilines is 2. The summed E-state index contributed by atoms with van der Waals surface area (Å²) in [5, 5.41) is 12.5. The first-order valence-corrected chi connectivity index (χ1v) is 20.5. The van der Waals surface area contributed by atoms with Crippen LogP contribution in [0.1, 0.15) is 87.7 Å². The molecule has 4 aromatic rings. The van der Waals surface area contributed by atoms with E-state index in [1.807, 2.05) is 24.3 Å². The second kappa shape index (κ2) is 15.1. The molecule has 3 saturated heterocycles. The van der Waals surface area contributed by atoms with Crippen LogP contribution in [0.5, 0.6) is 5.75 Å². The van der Waals surface area contributed by atoms with Crippen molar-refractivity contribution in [2.75, 3.05) is 55.6 Å². The molecule has 0 radical (unpaired) electrons. The van der Waals surface area contributed by atoms with Crippen molar-refractivity contribution in [1.29, 1.82) is 0 Å². The van der Waals surface area contributed by atoms with Gasteiger partial charge < -0.3 is 19.8 Å². The van der Waals surface area contributed by atoms with E-state index < -0.39 is 36.0 Å². The van der Waals surface area contributed by atoms with E-state index in [2.05, 4.69) is 38.2 Å². The molecule has 9 rings (SSSR count). The fourth-order valence-electron chi connectivity index (χ4n) is 10.2. The minimum atomic E-state index is -3.15. The van der Waals surface area contributed by atoms with Crippen LogP contribution in [0, 0.1) is 18.7 Å². The summed E-state index contributed by atoms with van der Waals surface area (Å²) in [7, 11) is 0. The number of hydrogen-bond donors (Lipinski definition) is 2. The molecule has 4 aliphatic heterocycles. The lowest BCUT2D eigenvalue weighted by Crippen LogP contribution is -2.52. The summed E-state index contributed by atoms with van der Waals surface area (Å²) < 4.78 is 45.5. The minimum absolute atomic E-state index is 0.151. The van der Waals surface area contributed by atoms with Gasteiger partial charge in [0.05, 0.1) is 0 Å². The van der Waals surface area contributed by atoms with Crippen LogP contribution in [0.15, 0.2) is 78.9 Å². The maximum atomic E-state index is 15.7. The van der Waals surface area contributed by atoms with Gasteiger partial charge in [-0.25, -0.2) is 13.2 Å². The number of carbonyl (C=O) groups excluding carboxylic acids is 3. The van der Waals surface area contributed by atoms with Gasteiger partial charge in [-0.1, -0.05) is 24.3 Å². The van der Waals surface area contributed by atoms with Gasteiger partial charge in [-0.2, -0.15) is 0 Å². The first kappa shape index (κ1) is 38.2. The van der Waals surface area contributed by atoms with Crippen molar-refractivity contribution in [2.24, 2.45) is 5.92 Å². The highest BCUT2D eigenvalue weighted by atomic mass is 19.3. The molecular formula is C46H48F3N5O4. The standard InChI is InChI=1S/C46H48F3N5O4/c1-28-22-32(47)4-9-36(28)39-25-46(48,49)40-24-35(55)8-11-38(40)43(39)30-2-5-33(6-3-30)52-16-14-29(15-17-52)26-51-18-20-53(21-19-51)34-7-10-37-31(23-34)27-54(45(37)58)41-12-13-42(56)50-44(41)57/h2-11,22-24,29,39,41,43,55H,12-21,25-27H2,1H3,(H,50,56,57)/t39-,41-,43-/m0/s1. The number of piperidine rings is 2. The lowest BCUT2D eigenvalue weighted by molar-refractivity contribution is -0.136. The lowest BCUT2D eigenvalue weighted by Gasteiger charge is -2.40. The van der Waals surface area contributed by atoms with Gasteiger partial charge in [0, 0.05) is 99.5 Å². The van der Waals surface area contributed by atoms with E-state index in [9.17, 15) is 23.9 Å². The van der Waals surface area contributed by atoms with Crippen LogP contribution in [-0.2, 0) is 22.1 Å². The lowest BCUT2D eigenvalue weighted by atomic mass is 9.67. The molecule has 3 atom stereocenters. The first-order valence-electron chi connectivity index (χ1n) is 20.5. The third-order valence-corrected chi connectivity index (χ3v) is 13.3. The number of carbonyl (C=O) groups is 3. The van der Waals surface area contributed by atoms with Gasteiger partial charge in [0.1, 0.15) is 17.6 Å². The van der Waals surface area contributed by atoms with Gasteiger partial charge in [-0.05, 0) is 115 Å². The van der Waals surface area contributed by atoms with E-state index in [0.717, 1.165) is 81.2 Å². The van der Waals surface area contributed by atoms with Crippen molar-refractivity contribution in [2.45, 2.75) is 69.4 Å². The molecule has 302 valence electrons. The summed E-state index contributed by atoms with van der Waals surface area (Å²) >= 11 is 0. The molecule has 0 spiro atoms. The van der Waals surface area contributed by atoms with Crippen molar-refractivity contribution in [3.63, 3.8) is 0 Å². The Kier molecular flexibility index (Phi) is 9.94. The largest absolute Gasteiger partial charge is 0.508 e. The number of phenols is 1. The Morgan fingerprint density at radius 1 is 0.793 bits per heavy atom. The minimum Gasteiger partial charge on any atom is -0.508 e. The number of hydrogen-bond acceptors (Lipinski definition) is 7. The summed E-state index contributed by atoms with van der Waals surface area (Å²) in [5.74, 6) is -4.95. The summed E-state index contributed by atoms with van der Waals surface area (Å²) in [6.07, 6.45) is 2.30. The van der Waals surface area contributed by atoms with Crippen LogP contribution < -0.4 is 15.1 Å². The van der Waals surface area contributed by atoms with Crippen LogP contribution in [0.3, 0.4) is 0 Å². The summed E-state index contributed by atoms with van der Waals surface area (Å²) in [6.45, 7) is 8.74. The molecule has 4 heterocycles.